The molecule has 1 radical (unpaired) electrons. The van der Waals surface area contributed by atoms with Gasteiger partial charge in [0, 0.05) is 38.9 Å². The molecular weight excluding hydrogens is 320 g/mol. The van der Waals surface area contributed by atoms with Crippen molar-refractivity contribution in [2.75, 3.05) is 32.7 Å². The SMILES string of the molecule is C=C(CCNCC1=CCC(C)C=C1)OC(CC1=C[CH]1)CN1CCCCC1. The van der Waals surface area contributed by atoms with E-state index in [0.717, 1.165) is 44.7 Å². The Morgan fingerprint density at radius 3 is 2.81 bits per heavy atom. The lowest BCUT2D eigenvalue weighted by atomic mass is 9.98. The number of nitrogens with zero attached hydrogens (tertiary/aromatic N) is 1. The molecule has 3 rings (SSSR count). The number of allylic oxidation sites excluding steroid dienone is 3. The van der Waals surface area contributed by atoms with Crippen molar-refractivity contribution in [3.63, 3.8) is 0 Å². The summed E-state index contributed by atoms with van der Waals surface area (Å²) in [6.07, 6.45) is 18.6. The molecule has 1 aliphatic heterocycles. The number of piperidine rings is 1. The summed E-state index contributed by atoms with van der Waals surface area (Å²) in [7, 11) is 0. The van der Waals surface area contributed by atoms with Gasteiger partial charge in [0.2, 0.25) is 0 Å². The van der Waals surface area contributed by atoms with Gasteiger partial charge in [-0.05, 0) is 43.8 Å². The number of nitrogens with one attached hydrogen (secondary N) is 1. The highest BCUT2D eigenvalue weighted by Gasteiger charge is 2.22. The second kappa shape index (κ2) is 10.1. The van der Waals surface area contributed by atoms with Crippen molar-refractivity contribution in [3.8, 4) is 0 Å². The summed E-state index contributed by atoms with van der Waals surface area (Å²) in [5.41, 5.74) is 2.83. The zero-order chi connectivity index (χ0) is 18.2. The molecule has 3 nitrogen and oxygen atoms in total. The molecule has 2 unspecified atom stereocenters. The molecule has 2 atom stereocenters. The molecule has 0 aromatic carbocycles. The van der Waals surface area contributed by atoms with Crippen LogP contribution in [0.5, 0.6) is 0 Å². The van der Waals surface area contributed by atoms with Gasteiger partial charge in [-0.1, -0.05) is 49.8 Å². The van der Waals surface area contributed by atoms with Gasteiger partial charge in [0.25, 0.3) is 0 Å². The summed E-state index contributed by atoms with van der Waals surface area (Å²) < 4.78 is 6.24. The lowest BCUT2D eigenvalue weighted by Gasteiger charge is -2.31. The van der Waals surface area contributed by atoms with Crippen LogP contribution in [-0.2, 0) is 4.74 Å². The number of ether oxygens (including phenoxy) is 1. The van der Waals surface area contributed by atoms with E-state index in [1.165, 1.54) is 43.5 Å². The normalized spacial score (nSPS) is 24.0. The summed E-state index contributed by atoms with van der Waals surface area (Å²) >= 11 is 0. The van der Waals surface area contributed by atoms with Crippen LogP contribution in [0.3, 0.4) is 0 Å². The molecule has 1 heterocycles. The highest BCUT2D eigenvalue weighted by molar-refractivity contribution is 5.39. The average Bonchev–Trinajstić information content (AvgIpc) is 3.45. The van der Waals surface area contributed by atoms with E-state index in [1.807, 2.05) is 0 Å². The fraction of sp³-hybridized carbons (Fsp3) is 0.609. The molecule has 0 amide bonds. The van der Waals surface area contributed by atoms with Crippen LogP contribution in [0.4, 0.5) is 0 Å². The third kappa shape index (κ3) is 7.13. The standard InChI is InChI=1S/C23H35N2O/c1-19-6-8-22(9-7-19)17-24-13-12-20(2)26-23(16-21-10-11-21)18-25-14-4-3-5-15-25/h6,8-11,19,23-24H,2-5,7,12-18H2,1H3. The van der Waals surface area contributed by atoms with Gasteiger partial charge in [-0.2, -0.15) is 0 Å². The Balaban J connectivity index is 1.34. The summed E-state index contributed by atoms with van der Waals surface area (Å²) in [6.45, 7) is 11.8. The van der Waals surface area contributed by atoms with Crippen LogP contribution in [0.15, 0.2) is 47.8 Å². The summed E-state index contributed by atoms with van der Waals surface area (Å²) in [6, 6.07) is 0. The highest BCUT2D eigenvalue weighted by atomic mass is 16.5. The predicted molar refractivity (Wildman–Crippen MR) is 110 cm³/mol. The molecule has 3 aliphatic rings. The minimum atomic E-state index is 0.246. The second-order valence-electron chi connectivity index (χ2n) is 8.03. The molecule has 1 N–H and O–H groups in total. The van der Waals surface area contributed by atoms with Gasteiger partial charge in [0.15, 0.2) is 0 Å². The molecule has 0 aromatic rings. The monoisotopic (exact) mass is 355 g/mol. The Labute approximate surface area is 159 Å². The van der Waals surface area contributed by atoms with Crippen molar-refractivity contribution in [2.24, 2.45) is 5.92 Å². The van der Waals surface area contributed by atoms with E-state index in [2.05, 4.69) is 54.4 Å². The number of likely N-dealkylation sites (tertiary alicyclic amines) is 1. The van der Waals surface area contributed by atoms with Crippen LogP contribution in [0.2, 0.25) is 0 Å². The molecular formula is C23H35N2O. The van der Waals surface area contributed by atoms with Crippen molar-refractivity contribution in [2.45, 2.75) is 51.6 Å². The fourth-order valence-corrected chi connectivity index (χ4v) is 3.69. The Kier molecular flexibility index (Phi) is 7.57. The number of rotatable bonds is 11. The van der Waals surface area contributed by atoms with Gasteiger partial charge in [-0.25, -0.2) is 0 Å². The molecule has 1 saturated heterocycles. The lowest BCUT2D eigenvalue weighted by molar-refractivity contribution is 0.0648. The zero-order valence-electron chi connectivity index (χ0n) is 16.4. The van der Waals surface area contributed by atoms with Crippen molar-refractivity contribution in [1.29, 1.82) is 0 Å². The van der Waals surface area contributed by atoms with E-state index >= 15 is 0 Å². The molecule has 0 spiro atoms. The van der Waals surface area contributed by atoms with Crippen LogP contribution in [0.1, 0.15) is 45.4 Å². The van der Waals surface area contributed by atoms with Gasteiger partial charge in [-0.15, -0.1) is 0 Å². The van der Waals surface area contributed by atoms with Crippen molar-refractivity contribution in [1.82, 2.24) is 10.2 Å². The van der Waals surface area contributed by atoms with Crippen LogP contribution in [0.25, 0.3) is 0 Å². The molecule has 26 heavy (non-hydrogen) atoms. The summed E-state index contributed by atoms with van der Waals surface area (Å²) in [5.74, 6) is 1.60. The minimum absolute atomic E-state index is 0.246. The summed E-state index contributed by atoms with van der Waals surface area (Å²) in [4.78, 5) is 2.56. The lowest BCUT2D eigenvalue weighted by Crippen LogP contribution is -2.37. The predicted octanol–water partition coefficient (Wildman–Crippen LogP) is 4.41. The first kappa shape index (κ1) is 19.4. The first-order chi connectivity index (χ1) is 12.7. The Morgan fingerprint density at radius 2 is 2.12 bits per heavy atom. The fourth-order valence-electron chi connectivity index (χ4n) is 3.69. The summed E-state index contributed by atoms with van der Waals surface area (Å²) in [5, 5.41) is 3.52. The molecule has 3 heteroatoms. The Morgan fingerprint density at radius 1 is 1.31 bits per heavy atom. The Hall–Kier alpha value is -1.32. The third-order valence-electron chi connectivity index (χ3n) is 5.41. The maximum atomic E-state index is 6.24. The van der Waals surface area contributed by atoms with Crippen molar-refractivity contribution in [3.05, 3.63) is 54.2 Å². The molecule has 1 fully saturated rings. The van der Waals surface area contributed by atoms with Crippen molar-refractivity contribution >= 4 is 0 Å². The molecule has 0 bridgehead atoms. The smallest absolute Gasteiger partial charge is 0.115 e. The molecule has 0 aromatic heterocycles. The van der Waals surface area contributed by atoms with E-state index in [4.69, 9.17) is 4.74 Å². The molecule has 2 aliphatic carbocycles. The number of hydrogen-bond acceptors (Lipinski definition) is 3. The van der Waals surface area contributed by atoms with Crippen LogP contribution < -0.4 is 5.32 Å². The first-order valence-electron chi connectivity index (χ1n) is 10.4. The van der Waals surface area contributed by atoms with Gasteiger partial charge in [0.1, 0.15) is 6.10 Å². The highest BCUT2D eigenvalue weighted by Crippen LogP contribution is 2.26. The van der Waals surface area contributed by atoms with E-state index in [9.17, 15) is 0 Å². The van der Waals surface area contributed by atoms with Gasteiger partial charge in [0.05, 0.1) is 5.76 Å². The van der Waals surface area contributed by atoms with E-state index < -0.39 is 0 Å². The maximum Gasteiger partial charge on any atom is 0.115 e. The van der Waals surface area contributed by atoms with Crippen molar-refractivity contribution < 1.29 is 4.74 Å². The van der Waals surface area contributed by atoms with E-state index in [0.29, 0.717) is 5.92 Å². The molecule has 0 saturated carbocycles. The third-order valence-corrected chi connectivity index (χ3v) is 5.41. The largest absolute Gasteiger partial charge is 0.494 e. The average molecular weight is 356 g/mol. The maximum absolute atomic E-state index is 6.24. The van der Waals surface area contributed by atoms with Gasteiger partial charge in [-0.3, -0.25) is 4.90 Å². The first-order valence-corrected chi connectivity index (χ1v) is 10.4. The Bertz CT molecular complexity index is 555. The molecule has 143 valence electrons. The quantitative estimate of drug-likeness (QED) is 0.439. The van der Waals surface area contributed by atoms with Crippen LogP contribution >= 0.6 is 0 Å². The zero-order valence-corrected chi connectivity index (χ0v) is 16.4. The van der Waals surface area contributed by atoms with E-state index in [1.54, 1.807) is 0 Å². The second-order valence-corrected chi connectivity index (χ2v) is 8.03. The van der Waals surface area contributed by atoms with Gasteiger partial charge < -0.3 is 10.1 Å². The minimum Gasteiger partial charge on any atom is -0.494 e. The van der Waals surface area contributed by atoms with Gasteiger partial charge >= 0.3 is 0 Å². The van der Waals surface area contributed by atoms with Crippen LogP contribution in [-0.4, -0.2) is 43.7 Å². The van der Waals surface area contributed by atoms with E-state index in [-0.39, 0.29) is 6.10 Å². The number of hydrogen-bond donors (Lipinski definition) is 1. The van der Waals surface area contributed by atoms with Crippen LogP contribution in [0, 0.1) is 12.3 Å². The topological polar surface area (TPSA) is 24.5 Å².